The minimum absolute atomic E-state index is 0.0682. The van der Waals surface area contributed by atoms with Crippen molar-refractivity contribution < 1.29 is 28.6 Å². The van der Waals surface area contributed by atoms with Gasteiger partial charge in [0.1, 0.15) is 13.2 Å². The maximum atomic E-state index is 12.9. The summed E-state index contributed by atoms with van der Waals surface area (Å²) in [7, 11) is 0. The van der Waals surface area contributed by atoms with Gasteiger partial charge in [0.2, 0.25) is 0 Å². The first-order chi connectivity index (χ1) is 38.0. The highest BCUT2D eigenvalue weighted by Gasteiger charge is 2.19. The summed E-state index contributed by atoms with van der Waals surface area (Å²) in [6, 6.07) is 0. The molecule has 0 aliphatic carbocycles. The first-order valence-electron chi connectivity index (χ1n) is 34.1. The van der Waals surface area contributed by atoms with Crippen LogP contribution >= 0.6 is 0 Å². The van der Waals surface area contributed by atoms with Gasteiger partial charge in [0.05, 0.1) is 0 Å². The van der Waals surface area contributed by atoms with Crippen LogP contribution in [-0.2, 0) is 28.6 Å². The molecule has 0 saturated heterocycles. The van der Waals surface area contributed by atoms with Crippen LogP contribution in [0.2, 0.25) is 0 Å². The van der Waals surface area contributed by atoms with E-state index in [0.29, 0.717) is 19.3 Å². The van der Waals surface area contributed by atoms with E-state index < -0.39 is 6.10 Å². The van der Waals surface area contributed by atoms with E-state index in [0.717, 1.165) is 83.5 Å². The van der Waals surface area contributed by atoms with Crippen molar-refractivity contribution in [2.75, 3.05) is 13.2 Å². The van der Waals surface area contributed by atoms with Crippen LogP contribution in [0.4, 0.5) is 0 Å². The van der Waals surface area contributed by atoms with Crippen LogP contribution in [0.25, 0.3) is 0 Å². The fourth-order valence-electron chi connectivity index (χ4n) is 10.3. The van der Waals surface area contributed by atoms with Crippen molar-refractivity contribution in [2.24, 2.45) is 0 Å². The van der Waals surface area contributed by atoms with E-state index in [-0.39, 0.29) is 31.1 Å². The van der Waals surface area contributed by atoms with Crippen molar-refractivity contribution in [3.8, 4) is 0 Å². The number of carbonyl (C=O) groups is 3. The lowest BCUT2D eigenvalue weighted by Gasteiger charge is -2.18. The maximum absolute atomic E-state index is 12.9. The van der Waals surface area contributed by atoms with E-state index >= 15 is 0 Å². The predicted molar refractivity (Wildman–Crippen MR) is 335 cm³/mol. The Morgan fingerprint density at radius 1 is 0.273 bits per heavy atom. The molecule has 1 atom stereocenters. The standard InChI is InChI=1S/C71H130O6/c1-4-7-10-13-16-19-22-25-28-31-33-35-36-37-39-40-43-46-49-52-55-58-61-64-70(73)76-67-68(66-75-69(72)63-60-57-54-51-48-45-42-30-27-24-21-18-15-12-9-6-3)77-71(74)65-62-59-56-53-50-47-44-41-38-34-32-29-26-23-20-17-14-11-8-5-2/h7,10,16,19,25,28,33,35,68H,4-6,8-9,11-15,17-18,20-24,26-27,29-32,34,36-67H2,1-3H3/b10-7-,19-16-,28-25-,35-33-. The van der Waals surface area contributed by atoms with Crippen LogP contribution in [0, 0.1) is 0 Å². The zero-order chi connectivity index (χ0) is 55.7. The Bertz CT molecular complexity index is 1330. The number of ether oxygens (including phenoxy) is 3. The first kappa shape index (κ1) is 74.4. The Labute approximate surface area is 479 Å². The molecule has 0 spiro atoms. The van der Waals surface area contributed by atoms with Crippen LogP contribution < -0.4 is 0 Å². The van der Waals surface area contributed by atoms with Crippen molar-refractivity contribution in [1.82, 2.24) is 0 Å². The zero-order valence-electron chi connectivity index (χ0n) is 51.7. The molecule has 0 aliphatic rings. The van der Waals surface area contributed by atoms with Crippen LogP contribution in [0.15, 0.2) is 48.6 Å². The number of carbonyl (C=O) groups excluding carboxylic acids is 3. The summed E-state index contributed by atoms with van der Waals surface area (Å²) in [5.74, 6) is -0.844. The molecule has 0 bridgehead atoms. The monoisotopic (exact) mass is 1080 g/mol. The maximum Gasteiger partial charge on any atom is 0.306 e. The molecule has 0 radical (unpaired) electrons. The Morgan fingerprint density at radius 2 is 0.506 bits per heavy atom. The average Bonchev–Trinajstić information content (AvgIpc) is 3.43. The molecule has 450 valence electrons. The summed E-state index contributed by atoms with van der Waals surface area (Å²) in [6.07, 6.45) is 82.7. The molecule has 0 aliphatic heterocycles. The smallest absolute Gasteiger partial charge is 0.306 e. The summed E-state index contributed by atoms with van der Waals surface area (Å²) in [5.41, 5.74) is 0. The minimum atomic E-state index is -0.772. The Kier molecular flexibility index (Phi) is 63.6. The second-order valence-corrected chi connectivity index (χ2v) is 23.1. The lowest BCUT2D eigenvalue weighted by Crippen LogP contribution is -2.30. The van der Waals surface area contributed by atoms with E-state index in [9.17, 15) is 14.4 Å². The van der Waals surface area contributed by atoms with E-state index in [4.69, 9.17) is 14.2 Å². The average molecular weight is 1080 g/mol. The van der Waals surface area contributed by atoms with Gasteiger partial charge < -0.3 is 14.2 Å². The molecule has 0 amide bonds. The Balaban J connectivity index is 4.31. The normalized spacial score (nSPS) is 12.3. The molecule has 0 aromatic heterocycles. The minimum Gasteiger partial charge on any atom is -0.462 e. The Morgan fingerprint density at radius 3 is 0.792 bits per heavy atom. The number of unbranched alkanes of at least 4 members (excludes halogenated alkanes) is 44. The molecular weight excluding hydrogens is 949 g/mol. The zero-order valence-corrected chi connectivity index (χ0v) is 51.7. The van der Waals surface area contributed by atoms with E-state index in [1.165, 1.54) is 244 Å². The quantitative estimate of drug-likeness (QED) is 0.0261. The van der Waals surface area contributed by atoms with Gasteiger partial charge in [-0.1, -0.05) is 339 Å². The van der Waals surface area contributed by atoms with Gasteiger partial charge in [-0.2, -0.15) is 0 Å². The molecule has 0 aromatic carbocycles. The molecule has 0 N–H and O–H groups in total. The summed E-state index contributed by atoms with van der Waals surface area (Å²) in [4.78, 5) is 38.4. The summed E-state index contributed by atoms with van der Waals surface area (Å²) >= 11 is 0. The van der Waals surface area contributed by atoms with Gasteiger partial charge in [0.25, 0.3) is 0 Å². The largest absolute Gasteiger partial charge is 0.462 e. The molecule has 0 heterocycles. The number of rotatable bonds is 63. The lowest BCUT2D eigenvalue weighted by atomic mass is 10.0. The summed E-state index contributed by atoms with van der Waals surface area (Å²) in [6.45, 7) is 6.60. The van der Waals surface area contributed by atoms with E-state index in [2.05, 4.69) is 69.4 Å². The molecule has 0 aromatic rings. The number of hydrogen-bond donors (Lipinski definition) is 0. The highest BCUT2D eigenvalue weighted by atomic mass is 16.6. The van der Waals surface area contributed by atoms with Crippen LogP contribution in [0.5, 0.6) is 0 Å². The number of hydrogen-bond acceptors (Lipinski definition) is 6. The van der Waals surface area contributed by atoms with Gasteiger partial charge >= 0.3 is 17.9 Å². The van der Waals surface area contributed by atoms with Crippen LogP contribution in [-0.4, -0.2) is 37.2 Å². The molecule has 0 rings (SSSR count). The van der Waals surface area contributed by atoms with Gasteiger partial charge in [-0.3, -0.25) is 14.4 Å². The van der Waals surface area contributed by atoms with E-state index in [1.807, 2.05) is 0 Å². The van der Waals surface area contributed by atoms with E-state index in [1.54, 1.807) is 0 Å². The first-order valence-corrected chi connectivity index (χ1v) is 34.1. The second kappa shape index (κ2) is 65.9. The lowest BCUT2D eigenvalue weighted by molar-refractivity contribution is -0.167. The molecule has 1 unspecified atom stereocenters. The van der Waals surface area contributed by atoms with Crippen molar-refractivity contribution in [3.05, 3.63) is 48.6 Å². The third-order valence-corrected chi connectivity index (χ3v) is 15.3. The van der Waals surface area contributed by atoms with Crippen LogP contribution in [0.1, 0.15) is 367 Å². The molecule has 6 nitrogen and oxygen atoms in total. The fraction of sp³-hybridized carbons (Fsp3) is 0.845. The molecule has 77 heavy (non-hydrogen) atoms. The van der Waals surface area contributed by atoms with Gasteiger partial charge in [-0.05, 0) is 57.8 Å². The SMILES string of the molecule is CC/C=C\C/C=C\C/C=C\C/C=C\CCCCCCCCCCCCC(=O)OCC(COC(=O)CCCCCCCCCCCCCCCCCC)OC(=O)CCCCCCCCCCCCCCCCCCCCCC. The summed E-state index contributed by atoms with van der Waals surface area (Å²) in [5, 5.41) is 0. The van der Waals surface area contributed by atoms with Crippen LogP contribution in [0.3, 0.4) is 0 Å². The highest BCUT2D eigenvalue weighted by Crippen LogP contribution is 2.18. The van der Waals surface area contributed by atoms with Crippen molar-refractivity contribution in [2.45, 2.75) is 374 Å². The van der Waals surface area contributed by atoms with Gasteiger partial charge in [0, 0.05) is 19.3 Å². The molecule has 6 heteroatoms. The predicted octanol–water partition coefficient (Wildman–Crippen LogP) is 23.3. The Hall–Kier alpha value is -2.63. The third-order valence-electron chi connectivity index (χ3n) is 15.3. The molecular formula is C71H130O6. The fourth-order valence-corrected chi connectivity index (χ4v) is 10.3. The van der Waals surface area contributed by atoms with Crippen molar-refractivity contribution in [1.29, 1.82) is 0 Å². The van der Waals surface area contributed by atoms with Crippen molar-refractivity contribution >= 4 is 17.9 Å². The second-order valence-electron chi connectivity index (χ2n) is 23.1. The topological polar surface area (TPSA) is 78.9 Å². The summed E-state index contributed by atoms with van der Waals surface area (Å²) < 4.78 is 17.0. The third kappa shape index (κ3) is 64.1. The van der Waals surface area contributed by atoms with Gasteiger partial charge in [0.15, 0.2) is 6.10 Å². The number of esters is 3. The van der Waals surface area contributed by atoms with Gasteiger partial charge in [-0.25, -0.2) is 0 Å². The highest BCUT2D eigenvalue weighted by molar-refractivity contribution is 5.71. The molecule has 0 saturated carbocycles. The molecule has 0 fully saturated rings. The number of allylic oxidation sites excluding steroid dienone is 8. The van der Waals surface area contributed by atoms with Crippen molar-refractivity contribution in [3.63, 3.8) is 0 Å². The van der Waals surface area contributed by atoms with Gasteiger partial charge in [-0.15, -0.1) is 0 Å².